The third kappa shape index (κ3) is 3.01. The van der Waals surface area contributed by atoms with Crippen LogP contribution in [0.1, 0.15) is 63.0 Å². The zero-order valence-electron chi connectivity index (χ0n) is 19.6. The zero-order valence-corrected chi connectivity index (χ0v) is 14.6. The molecule has 0 saturated heterocycles. The van der Waals surface area contributed by atoms with E-state index in [4.69, 9.17) is 6.85 Å². The van der Waals surface area contributed by atoms with Gasteiger partial charge in [0, 0.05) is 24.8 Å². The first kappa shape index (κ1) is 11.2. The molecule has 0 bridgehead atoms. The van der Waals surface area contributed by atoms with Gasteiger partial charge in [0.05, 0.1) is 5.69 Å². The second-order valence-electron chi connectivity index (χ2n) is 6.40. The van der Waals surface area contributed by atoms with E-state index >= 15 is 0 Å². The summed E-state index contributed by atoms with van der Waals surface area (Å²) in [6.07, 6.45) is 3.51. The summed E-state index contributed by atoms with van der Waals surface area (Å²) < 4.78 is 41.8. The van der Waals surface area contributed by atoms with Crippen LogP contribution < -0.4 is 0 Å². The monoisotopic (exact) mass is 323 g/mol. The quantitative estimate of drug-likeness (QED) is 0.567. The van der Waals surface area contributed by atoms with Crippen molar-refractivity contribution < 1.29 is 6.85 Å². The predicted molar refractivity (Wildman–Crippen MR) is 102 cm³/mol. The van der Waals surface area contributed by atoms with Gasteiger partial charge in [-0.2, -0.15) is 0 Å². The first-order valence-electron chi connectivity index (χ1n) is 10.6. The smallest absolute Gasteiger partial charge is 0.144 e. The fourth-order valence-corrected chi connectivity index (χ4v) is 2.93. The minimum atomic E-state index is -2.15. The Bertz CT molecular complexity index is 971. The molecule has 0 aliphatic rings. The fourth-order valence-electron chi connectivity index (χ4n) is 2.93. The van der Waals surface area contributed by atoms with Crippen molar-refractivity contribution in [3.8, 4) is 17.1 Å². The van der Waals surface area contributed by atoms with Crippen molar-refractivity contribution in [2.45, 2.75) is 46.3 Å². The largest absolute Gasteiger partial charge is 0.299 e. The lowest BCUT2D eigenvalue weighted by molar-refractivity contribution is 0.807. The summed E-state index contributed by atoms with van der Waals surface area (Å²) in [4.78, 5) is 4.50. The maximum absolute atomic E-state index is 8.63. The van der Waals surface area contributed by atoms with E-state index in [1.54, 1.807) is 30.5 Å². The van der Waals surface area contributed by atoms with E-state index < -0.39 is 18.6 Å². The van der Waals surface area contributed by atoms with E-state index in [9.17, 15) is 0 Å². The molecule has 1 heterocycles. The van der Waals surface area contributed by atoms with Crippen molar-refractivity contribution in [1.82, 2.24) is 9.55 Å². The summed E-state index contributed by atoms with van der Waals surface area (Å²) >= 11 is 0. The summed E-state index contributed by atoms with van der Waals surface area (Å²) in [6.45, 7) is 5.16. The molecule has 3 aromatic rings. The minimum Gasteiger partial charge on any atom is -0.299 e. The van der Waals surface area contributed by atoms with Crippen LogP contribution in [0.15, 0.2) is 54.9 Å². The first-order valence-corrected chi connectivity index (χ1v) is 8.09. The van der Waals surface area contributed by atoms with Gasteiger partial charge in [0.15, 0.2) is 0 Å². The van der Waals surface area contributed by atoms with Crippen LogP contribution in [0, 0.1) is 6.85 Å². The Kier molecular flexibility index (Phi) is 3.11. The fraction of sp³-hybridized carbons (Fsp3) is 0.318. The Morgan fingerprint density at radius 3 is 2.12 bits per heavy atom. The highest BCUT2D eigenvalue weighted by Gasteiger charge is 2.18. The molecule has 0 aliphatic heterocycles. The summed E-state index contributed by atoms with van der Waals surface area (Å²) in [5, 5.41) is 0. The molecule has 2 nitrogen and oxygen atoms in total. The minimum absolute atomic E-state index is 0.278. The Hall–Kier alpha value is -2.35. The second-order valence-corrected chi connectivity index (χ2v) is 6.40. The van der Waals surface area contributed by atoms with Crippen molar-refractivity contribution in [1.29, 1.82) is 0 Å². The van der Waals surface area contributed by atoms with E-state index in [0.29, 0.717) is 5.82 Å². The standard InChI is InChI=1S/C22H26N2/c1-15(2)19-7-6-8-20(16(3)4)21(19)24-14-13-23-22(24)18-11-9-17(5)10-12-18/h6-16H,1-5H3/i5D3,15D,16D. The van der Waals surface area contributed by atoms with Gasteiger partial charge in [-0.3, -0.25) is 4.57 Å². The molecule has 0 unspecified atom stereocenters. The molecule has 0 N–H and O–H groups in total. The van der Waals surface area contributed by atoms with Crippen LogP contribution in [-0.2, 0) is 0 Å². The van der Waals surface area contributed by atoms with Gasteiger partial charge in [-0.15, -0.1) is 0 Å². The van der Waals surface area contributed by atoms with Crippen LogP contribution in [0.2, 0.25) is 0 Å². The van der Waals surface area contributed by atoms with Crippen molar-refractivity contribution in [2.24, 2.45) is 0 Å². The van der Waals surface area contributed by atoms with E-state index in [1.165, 1.54) is 0 Å². The molecule has 3 rings (SSSR count). The lowest BCUT2D eigenvalue weighted by Crippen LogP contribution is -2.07. The number of rotatable bonds is 4. The molecular formula is C22H26N2. The maximum atomic E-state index is 8.63. The average molecular weight is 323 g/mol. The van der Waals surface area contributed by atoms with Crippen LogP contribution in [0.4, 0.5) is 0 Å². The Balaban J connectivity index is 2.24. The van der Waals surface area contributed by atoms with Crippen molar-refractivity contribution in [2.75, 3.05) is 0 Å². The van der Waals surface area contributed by atoms with Crippen LogP contribution in [-0.4, -0.2) is 9.55 Å². The van der Waals surface area contributed by atoms with Gasteiger partial charge in [-0.25, -0.2) is 4.98 Å². The lowest BCUT2D eigenvalue weighted by atomic mass is 9.92. The summed E-state index contributed by atoms with van der Waals surface area (Å²) in [5.74, 6) is -1.10. The summed E-state index contributed by atoms with van der Waals surface area (Å²) in [5.41, 5.74) is 3.43. The first-order chi connectivity index (χ1) is 13.3. The van der Waals surface area contributed by atoms with Crippen molar-refractivity contribution in [3.63, 3.8) is 0 Å². The van der Waals surface area contributed by atoms with Crippen molar-refractivity contribution in [3.05, 3.63) is 71.5 Å². The number of nitrogens with zero attached hydrogens (tertiary/aromatic N) is 2. The number of hydrogen-bond acceptors (Lipinski definition) is 1. The number of hydrogen-bond donors (Lipinski definition) is 0. The zero-order chi connectivity index (χ0) is 21.6. The predicted octanol–water partition coefficient (Wildman–Crippen LogP) is 6.09. The van der Waals surface area contributed by atoms with Gasteiger partial charge >= 0.3 is 0 Å². The van der Waals surface area contributed by atoms with Gasteiger partial charge < -0.3 is 0 Å². The lowest BCUT2D eigenvalue weighted by Gasteiger charge is -2.21. The van der Waals surface area contributed by atoms with Gasteiger partial charge in [0.1, 0.15) is 5.82 Å². The molecular weight excluding hydrogens is 292 g/mol. The van der Waals surface area contributed by atoms with Crippen LogP contribution in [0.25, 0.3) is 17.1 Å². The molecule has 24 heavy (non-hydrogen) atoms. The second kappa shape index (κ2) is 6.64. The normalized spacial score (nSPS) is 15.9. The Morgan fingerprint density at radius 1 is 0.958 bits per heavy atom. The third-order valence-electron chi connectivity index (χ3n) is 4.14. The van der Waals surface area contributed by atoms with Gasteiger partial charge in [-0.05, 0) is 29.8 Å². The number of para-hydroxylation sites is 1. The van der Waals surface area contributed by atoms with E-state index in [-0.39, 0.29) is 5.56 Å². The van der Waals surface area contributed by atoms with Crippen LogP contribution in [0.3, 0.4) is 0 Å². The molecule has 2 aromatic carbocycles. The number of imidazole rings is 1. The molecule has 0 aliphatic carbocycles. The molecule has 0 fully saturated rings. The number of aromatic nitrogens is 2. The molecule has 0 amide bonds. The number of benzene rings is 2. The van der Waals surface area contributed by atoms with Gasteiger partial charge in [0.25, 0.3) is 0 Å². The van der Waals surface area contributed by atoms with E-state index in [2.05, 4.69) is 4.98 Å². The molecule has 0 atom stereocenters. The molecule has 2 heteroatoms. The molecule has 1 aromatic heterocycles. The van der Waals surface area contributed by atoms with Gasteiger partial charge in [0.2, 0.25) is 0 Å². The van der Waals surface area contributed by atoms with Gasteiger partial charge in [-0.1, -0.05) is 75.7 Å². The SMILES string of the molecule is [2H]C([2H])([2H])c1ccc(-c2nccn2-c2c(C([2H])(C)C)cccc2C([2H])(C)C)cc1. The third-order valence-corrected chi connectivity index (χ3v) is 4.14. The Labute approximate surface area is 152 Å². The highest BCUT2D eigenvalue weighted by Crippen LogP contribution is 2.33. The molecule has 0 spiro atoms. The average Bonchev–Trinajstić information content (AvgIpc) is 3.08. The maximum Gasteiger partial charge on any atom is 0.144 e. The van der Waals surface area contributed by atoms with Crippen molar-refractivity contribution >= 4 is 0 Å². The molecule has 0 saturated carbocycles. The van der Waals surface area contributed by atoms with E-state index in [1.807, 2.05) is 56.7 Å². The summed E-state index contributed by atoms with van der Waals surface area (Å²) in [7, 11) is 0. The highest BCUT2D eigenvalue weighted by atomic mass is 15.1. The Morgan fingerprint density at radius 2 is 1.58 bits per heavy atom. The highest BCUT2D eigenvalue weighted by molar-refractivity contribution is 5.62. The molecule has 124 valence electrons. The summed E-state index contributed by atoms with van der Waals surface area (Å²) in [6, 6.07) is 12.4. The topological polar surface area (TPSA) is 17.8 Å². The van der Waals surface area contributed by atoms with E-state index in [0.717, 1.165) is 22.4 Å². The molecule has 0 radical (unpaired) electrons. The van der Waals surface area contributed by atoms with Crippen LogP contribution >= 0.6 is 0 Å². The van der Waals surface area contributed by atoms with Crippen LogP contribution in [0.5, 0.6) is 0 Å². The number of aryl methyl sites for hydroxylation is 1.